The molecule has 1 aliphatic rings. The zero-order valence-electron chi connectivity index (χ0n) is 10.1. The normalized spacial score (nSPS) is 32.7. The number of amides is 1. The second-order valence-electron chi connectivity index (χ2n) is 5.13. The van der Waals surface area contributed by atoms with E-state index in [-0.39, 0.29) is 5.91 Å². The number of nitrogens with one attached hydrogen (secondary N) is 1. The first-order chi connectivity index (χ1) is 7.04. The fourth-order valence-electron chi connectivity index (χ4n) is 2.23. The lowest BCUT2D eigenvalue weighted by Crippen LogP contribution is -2.38. The fourth-order valence-corrected chi connectivity index (χ4v) is 2.23. The summed E-state index contributed by atoms with van der Waals surface area (Å²) in [5.74, 6) is 1.81. The van der Waals surface area contributed by atoms with Crippen molar-refractivity contribution in [2.24, 2.45) is 23.5 Å². The van der Waals surface area contributed by atoms with E-state index in [1.807, 2.05) is 6.92 Å². The number of nitrogens with two attached hydrogens (primary N) is 1. The van der Waals surface area contributed by atoms with Crippen LogP contribution in [0.5, 0.6) is 0 Å². The van der Waals surface area contributed by atoms with Crippen LogP contribution >= 0.6 is 0 Å². The third-order valence-electron chi connectivity index (χ3n) is 3.75. The summed E-state index contributed by atoms with van der Waals surface area (Å²) >= 11 is 0. The van der Waals surface area contributed by atoms with Crippen molar-refractivity contribution in [3.05, 3.63) is 0 Å². The third-order valence-corrected chi connectivity index (χ3v) is 3.75. The van der Waals surface area contributed by atoms with Gasteiger partial charge in [0.05, 0.1) is 0 Å². The summed E-state index contributed by atoms with van der Waals surface area (Å²) in [5, 5.41) is 3.13. The predicted molar refractivity (Wildman–Crippen MR) is 62.3 cm³/mol. The number of carbonyl (C=O) groups is 1. The average molecular weight is 212 g/mol. The maximum atomic E-state index is 11.7. The molecule has 1 saturated carbocycles. The first-order valence-corrected chi connectivity index (χ1v) is 6.04. The Morgan fingerprint density at radius 3 is 2.60 bits per heavy atom. The predicted octanol–water partition coefficient (Wildman–Crippen LogP) is 1.52. The Bertz CT molecular complexity index is 218. The van der Waals surface area contributed by atoms with Crippen molar-refractivity contribution >= 4 is 5.91 Å². The summed E-state index contributed by atoms with van der Waals surface area (Å²) in [6.07, 6.45) is 2.93. The van der Waals surface area contributed by atoms with E-state index < -0.39 is 0 Å². The number of rotatable bonds is 4. The van der Waals surface area contributed by atoms with Gasteiger partial charge in [0, 0.05) is 12.5 Å². The maximum Gasteiger partial charge on any atom is 0.220 e. The Hall–Kier alpha value is -0.570. The van der Waals surface area contributed by atoms with E-state index in [9.17, 15) is 4.79 Å². The van der Waals surface area contributed by atoms with E-state index in [4.69, 9.17) is 5.73 Å². The van der Waals surface area contributed by atoms with Crippen molar-refractivity contribution in [3.63, 3.8) is 0 Å². The minimum atomic E-state index is 0.166. The Labute approximate surface area is 92.8 Å². The molecule has 88 valence electrons. The monoisotopic (exact) mass is 212 g/mol. The highest BCUT2D eigenvalue weighted by Gasteiger charge is 2.30. The molecule has 0 bridgehead atoms. The van der Waals surface area contributed by atoms with Crippen molar-refractivity contribution in [1.82, 2.24) is 5.32 Å². The Kier molecular flexibility index (Phi) is 4.58. The smallest absolute Gasteiger partial charge is 0.220 e. The third kappa shape index (κ3) is 3.49. The summed E-state index contributed by atoms with van der Waals surface area (Å²) in [6, 6.07) is 0.387. The summed E-state index contributed by atoms with van der Waals surface area (Å²) in [6.45, 7) is 7.10. The molecule has 4 atom stereocenters. The van der Waals surface area contributed by atoms with Crippen LogP contribution in [0.2, 0.25) is 0 Å². The first-order valence-electron chi connectivity index (χ1n) is 6.04. The van der Waals surface area contributed by atoms with E-state index in [2.05, 4.69) is 19.2 Å². The van der Waals surface area contributed by atoms with Crippen molar-refractivity contribution in [3.8, 4) is 0 Å². The van der Waals surface area contributed by atoms with E-state index in [1.54, 1.807) is 0 Å². The lowest BCUT2D eigenvalue weighted by molar-refractivity contribution is -0.122. The van der Waals surface area contributed by atoms with Crippen LogP contribution in [0, 0.1) is 17.8 Å². The molecular weight excluding hydrogens is 188 g/mol. The second kappa shape index (κ2) is 5.50. The molecule has 15 heavy (non-hydrogen) atoms. The molecule has 1 amide bonds. The van der Waals surface area contributed by atoms with Gasteiger partial charge in [0.15, 0.2) is 0 Å². The molecule has 1 rings (SSSR count). The van der Waals surface area contributed by atoms with Gasteiger partial charge in [-0.15, -0.1) is 0 Å². The largest absolute Gasteiger partial charge is 0.353 e. The van der Waals surface area contributed by atoms with Crippen molar-refractivity contribution in [2.75, 3.05) is 6.54 Å². The molecule has 3 N–H and O–H groups in total. The van der Waals surface area contributed by atoms with Crippen LogP contribution in [0.3, 0.4) is 0 Å². The van der Waals surface area contributed by atoms with Crippen LogP contribution in [-0.4, -0.2) is 18.5 Å². The van der Waals surface area contributed by atoms with Gasteiger partial charge in [-0.05, 0) is 37.1 Å². The van der Waals surface area contributed by atoms with Crippen LogP contribution in [0.4, 0.5) is 0 Å². The van der Waals surface area contributed by atoms with Gasteiger partial charge in [-0.2, -0.15) is 0 Å². The van der Waals surface area contributed by atoms with Crippen LogP contribution < -0.4 is 11.1 Å². The second-order valence-corrected chi connectivity index (χ2v) is 5.13. The zero-order valence-corrected chi connectivity index (χ0v) is 10.1. The van der Waals surface area contributed by atoms with Gasteiger partial charge in [-0.1, -0.05) is 20.8 Å². The summed E-state index contributed by atoms with van der Waals surface area (Å²) < 4.78 is 0. The number of hydrogen-bond donors (Lipinski definition) is 2. The van der Waals surface area contributed by atoms with E-state index in [0.717, 1.165) is 12.3 Å². The van der Waals surface area contributed by atoms with Crippen molar-refractivity contribution in [1.29, 1.82) is 0 Å². The van der Waals surface area contributed by atoms with Crippen LogP contribution in [0.1, 0.15) is 40.0 Å². The molecule has 0 aliphatic heterocycles. The Balaban J connectivity index is 2.32. The summed E-state index contributed by atoms with van der Waals surface area (Å²) in [7, 11) is 0. The molecule has 1 aliphatic carbocycles. The summed E-state index contributed by atoms with van der Waals surface area (Å²) in [4.78, 5) is 11.7. The molecule has 3 nitrogen and oxygen atoms in total. The molecule has 0 aromatic heterocycles. The standard InChI is InChI=1S/C12H24N2O/c1-8(7-13)6-12(15)14-11-5-4-9(2)10(11)3/h8-11H,4-7,13H2,1-3H3,(H,14,15). The van der Waals surface area contributed by atoms with Gasteiger partial charge in [0.25, 0.3) is 0 Å². The molecule has 0 radical (unpaired) electrons. The van der Waals surface area contributed by atoms with Crippen molar-refractivity contribution < 1.29 is 4.79 Å². The molecule has 0 aromatic rings. The van der Waals surface area contributed by atoms with Gasteiger partial charge in [-0.3, -0.25) is 4.79 Å². The number of hydrogen-bond acceptors (Lipinski definition) is 2. The van der Waals surface area contributed by atoms with Gasteiger partial charge in [0.2, 0.25) is 5.91 Å². The topological polar surface area (TPSA) is 55.1 Å². The molecule has 3 heteroatoms. The molecule has 0 aromatic carbocycles. The SMILES string of the molecule is CC(CN)CC(=O)NC1CCC(C)C1C. The fraction of sp³-hybridized carbons (Fsp3) is 0.917. The quantitative estimate of drug-likeness (QED) is 0.742. The average Bonchev–Trinajstić information content (AvgIpc) is 2.49. The molecule has 1 fully saturated rings. The highest BCUT2D eigenvalue weighted by Crippen LogP contribution is 2.31. The van der Waals surface area contributed by atoms with Crippen LogP contribution in [0.25, 0.3) is 0 Å². The van der Waals surface area contributed by atoms with Gasteiger partial charge >= 0.3 is 0 Å². The highest BCUT2D eigenvalue weighted by molar-refractivity contribution is 5.76. The molecule has 0 saturated heterocycles. The highest BCUT2D eigenvalue weighted by atomic mass is 16.1. The Morgan fingerprint density at radius 1 is 1.47 bits per heavy atom. The van der Waals surface area contributed by atoms with E-state index in [1.165, 1.54) is 6.42 Å². The van der Waals surface area contributed by atoms with E-state index in [0.29, 0.717) is 30.8 Å². The molecule has 0 heterocycles. The van der Waals surface area contributed by atoms with Gasteiger partial charge in [0.1, 0.15) is 0 Å². The molecule has 4 unspecified atom stereocenters. The Morgan fingerprint density at radius 2 is 2.13 bits per heavy atom. The van der Waals surface area contributed by atoms with Crippen LogP contribution in [0.15, 0.2) is 0 Å². The van der Waals surface area contributed by atoms with E-state index >= 15 is 0 Å². The van der Waals surface area contributed by atoms with Gasteiger partial charge in [-0.25, -0.2) is 0 Å². The summed E-state index contributed by atoms with van der Waals surface area (Å²) in [5.41, 5.74) is 5.50. The van der Waals surface area contributed by atoms with Gasteiger partial charge < -0.3 is 11.1 Å². The number of carbonyl (C=O) groups excluding carboxylic acids is 1. The zero-order chi connectivity index (χ0) is 11.4. The lowest BCUT2D eigenvalue weighted by atomic mass is 9.97. The lowest BCUT2D eigenvalue weighted by Gasteiger charge is -2.20. The maximum absolute atomic E-state index is 11.7. The minimum absolute atomic E-state index is 0.166. The minimum Gasteiger partial charge on any atom is -0.353 e. The first kappa shape index (κ1) is 12.5. The van der Waals surface area contributed by atoms with Crippen molar-refractivity contribution in [2.45, 2.75) is 46.1 Å². The molecule has 0 spiro atoms. The molecular formula is C12H24N2O. The van der Waals surface area contributed by atoms with Crippen LogP contribution in [-0.2, 0) is 4.79 Å².